The third-order valence-corrected chi connectivity index (χ3v) is 5.19. The van der Waals surface area contributed by atoms with Gasteiger partial charge in [0.2, 0.25) is 0 Å². The molecule has 0 spiro atoms. The van der Waals surface area contributed by atoms with Gasteiger partial charge in [-0.2, -0.15) is 0 Å². The summed E-state index contributed by atoms with van der Waals surface area (Å²) in [6, 6.07) is 0.293. The molecule has 2 aliphatic carbocycles. The van der Waals surface area contributed by atoms with E-state index in [4.69, 9.17) is 0 Å². The highest BCUT2D eigenvalue weighted by Gasteiger charge is 2.29. The zero-order chi connectivity index (χ0) is 15.2. The maximum absolute atomic E-state index is 12.1. The number of nitrogens with one attached hydrogen (secondary N) is 1. The van der Waals surface area contributed by atoms with Gasteiger partial charge in [0.15, 0.2) is 0 Å². The standard InChI is InChI=1S/C17H32N2O2/c1-13(8-9-14-6-4-3-5-7-14)18-17(21)19(2)12-15-10-16(20)11-15/h13-16,20H,3-12H2,1-2H3,(H,18,21)/t13-,15?,16?/m1/s1. The molecule has 2 rings (SSSR count). The first kappa shape index (κ1) is 16.6. The fourth-order valence-corrected chi connectivity index (χ4v) is 3.67. The lowest BCUT2D eigenvalue weighted by Gasteiger charge is -2.34. The molecule has 0 unspecified atom stereocenters. The summed E-state index contributed by atoms with van der Waals surface area (Å²) in [6.07, 6.45) is 10.8. The third kappa shape index (κ3) is 5.50. The molecule has 2 saturated carbocycles. The van der Waals surface area contributed by atoms with Crippen LogP contribution in [0.15, 0.2) is 0 Å². The molecule has 1 atom stereocenters. The molecule has 2 fully saturated rings. The van der Waals surface area contributed by atoms with Crippen molar-refractivity contribution in [2.45, 2.75) is 76.9 Å². The Morgan fingerprint density at radius 2 is 1.90 bits per heavy atom. The predicted octanol–water partition coefficient (Wildman–Crippen LogP) is 3.15. The Bertz CT molecular complexity index is 323. The SMILES string of the molecule is C[C@H](CCC1CCCCC1)NC(=O)N(C)CC1CC(O)C1. The maximum Gasteiger partial charge on any atom is 0.317 e. The quantitative estimate of drug-likeness (QED) is 0.791. The Morgan fingerprint density at radius 1 is 1.24 bits per heavy atom. The van der Waals surface area contributed by atoms with Gasteiger partial charge < -0.3 is 15.3 Å². The van der Waals surface area contributed by atoms with Crippen LogP contribution < -0.4 is 5.32 Å². The minimum atomic E-state index is -0.138. The molecule has 4 heteroatoms. The second kappa shape index (κ2) is 8.02. The van der Waals surface area contributed by atoms with Gasteiger partial charge in [-0.05, 0) is 44.4 Å². The molecule has 2 amide bonds. The summed E-state index contributed by atoms with van der Waals surface area (Å²) in [7, 11) is 1.86. The first-order valence-electron chi connectivity index (χ1n) is 8.74. The van der Waals surface area contributed by atoms with Gasteiger partial charge in [-0.15, -0.1) is 0 Å². The summed E-state index contributed by atoms with van der Waals surface area (Å²) in [5.74, 6) is 1.36. The molecule has 0 radical (unpaired) electrons. The van der Waals surface area contributed by atoms with E-state index in [2.05, 4.69) is 12.2 Å². The molecule has 0 heterocycles. The normalized spacial score (nSPS) is 27.8. The van der Waals surface area contributed by atoms with Crippen molar-refractivity contribution in [3.8, 4) is 0 Å². The van der Waals surface area contributed by atoms with Gasteiger partial charge in [0.05, 0.1) is 6.10 Å². The second-order valence-corrected chi connectivity index (χ2v) is 7.30. The molecule has 0 saturated heterocycles. The first-order chi connectivity index (χ1) is 10.0. The van der Waals surface area contributed by atoms with Crippen LogP contribution in [0.2, 0.25) is 0 Å². The largest absolute Gasteiger partial charge is 0.393 e. The monoisotopic (exact) mass is 296 g/mol. The topological polar surface area (TPSA) is 52.6 Å². The average Bonchev–Trinajstić information content (AvgIpc) is 2.44. The number of urea groups is 1. The second-order valence-electron chi connectivity index (χ2n) is 7.30. The van der Waals surface area contributed by atoms with Gasteiger partial charge in [0.25, 0.3) is 0 Å². The highest BCUT2D eigenvalue weighted by Crippen LogP contribution is 2.28. The molecule has 2 aliphatic rings. The van der Waals surface area contributed by atoms with Gasteiger partial charge in [-0.25, -0.2) is 4.79 Å². The Morgan fingerprint density at radius 3 is 2.52 bits per heavy atom. The number of aliphatic hydroxyl groups is 1. The summed E-state index contributed by atoms with van der Waals surface area (Å²) in [5.41, 5.74) is 0. The Hall–Kier alpha value is -0.770. The number of hydrogen-bond donors (Lipinski definition) is 2. The third-order valence-electron chi connectivity index (χ3n) is 5.19. The van der Waals surface area contributed by atoms with Crippen molar-refractivity contribution in [2.75, 3.05) is 13.6 Å². The van der Waals surface area contributed by atoms with Crippen molar-refractivity contribution in [3.05, 3.63) is 0 Å². The van der Waals surface area contributed by atoms with E-state index < -0.39 is 0 Å². The summed E-state index contributed by atoms with van der Waals surface area (Å²) >= 11 is 0. The zero-order valence-corrected chi connectivity index (χ0v) is 13.7. The molecule has 21 heavy (non-hydrogen) atoms. The molecular formula is C17H32N2O2. The number of nitrogens with zero attached hydrogens (tertiary/aromatic N) is 1. The summed E-state index contributed by atoms with van der Waals surface area (Å²) in [5, 5.41) is 12.4. The lowest BCUT2D eigenvalue weighted by Crippen LogP contribution is -2.46. The summed E-state index contributed by atoms with van der Waals surface area (Å²) in [4.78, 5) is 13.9. The molecule has 2 N–H and O–H groups in total. The highest BCUT2D eigenvalue weighted by atomic mass is 16.3. The van der Waals surface area contributed by atoms with Gasteiger partial charge in [-0.3, -0.25) is 0 Å². The molecular weight excluding hydrogens is 264 g/mol. The molecule has 0 aromatic carbocycles. The van der Waals surface area contributed by atoms with E-state index in [1.165, 1.54) is 38.5 Å². The van der Waals surface area contributed by atoms with Crippen molar-refractivity contribution in [1.29, 1.82) is 0 Å². The van der Waals surface area contributed by atoms with E-state index in [-0.39, 0.29) is 18.2 Å². The van der Waals surface area contributed by atoms with Crippen LogP contribution in [-0.2, 0) is 0 Å². The minimum absolute atomic E-state index is 0.0348. The smallest absolute Gasteiger partial charge is 0.317 e. The van der Waals surface area contributed by atoms with E-state index >= 15 is 0 Å². The number of carbonyl (C=O) groups excluding carboxylic acids is 1. The van der Waals surface area contributed by atoms with Crippen LogP contribution >= 0.6 is 0 Å². The van der Waals surface area contributed by atoms with Crippen molar-refractivity contribution >= 4 is 6.03 Å². The van der Waals surface area contributed by atoms with Crippen molar-refractivity contribution in [2.24, 2.45) is 11.8 Å². The lowest BCUT2D eigenvalue weighted by atomic mass is 9.82. The Kier molecular flexibility index (Phi) is 6.34. The molecule has 122 valence electrons. The number of rotatable bonds is 6. The fraction of sp³-hybridized carbons (Fsp3) is 0.941. The number of carbonyl (C=O) groups is 1. The van der Waals surface area contributed by atoms with Crippen LogP contribution in [0.5, 0.6) is 0 Å². The number of aliphatic hydroxyl groups excluding tert-OH is 1. The molecule has 4 nitrogen and oxygen atoms in total. The molecule has 0 aromatic heterocycles. The van der Waals surface area contributed by atoms with Crippen molar-refractivity contribution in [3.63, 3.8) is 0 Å². The number of hydrogen-bond acceptors (Lipinski definition) is 2. The molecule has 0 bridgehead atoms. The Balaban J connectivity index is 1.59. The van der Waals surface area contributed by atoms with E-state index in [0.717, 1.165) is 31.7 Å². The van der Waals surface area contributed by atoms with E-state index in [1.807, 2.05) is 7.05 Å². The van der Waals surface area contributed by atoms with Crippen molar-refractivity contribution < 1.29 is 9.90 Å². The van der Waals surface area contributed by atoms with Crippen molar-refractivity contribution in [1.82, 2.24) is 10.2 Å². The van der Waals surface area contributed by atoms with Gasteiger partial charge in [-0.1, -0.05) is 32.1 Å². The van der Waals surface area contributed by atoms with Crippen LogP contribution in [0.4, 0.5) is 4.79 Å². The first-order valence-corrected chi connectivity index (χ1v) is 8.74. The van der Waals surface area contributed by atoms with Gasteiger partial charge in [0, 0.05) is 19.6 Å². The van der Waals surface area contributed by atoms with Crippen LogP contribution in [0.25, 0.3) is 0 Å². The van der Waals surface area contributed by atoms with E-state index in [1.54, 1.807) is 4.90 Å². The maximum atomic E-state index is 12.1. The highest BCUT2D eigenvalue weighted by molar-refractivity contribution is 5.74. The molecule has 0 aromatic rings. The van der Waals surface area contributed by atoms with Gasteiger partial charge in [0.1, 0.15) is 0 Å². The van der Waals surface area contributed by atoms with Crippen LogP contribution in [0.3, 0.4) is 0 Å². The predicted molar refractivity (Wildman–Crippen MR) is 85.2 cm³/mol. The Labute approximate surface area is 129 Å². The van der Waals surface area contributed by atoms with Crippen LogP contribution in [0.1, 0.15) is 64.7 Å². The van der Waals surface area contributed by atoms with Gasteiger partial charge >= 0.3 is 6.03 Å². The molecule has 0 aliphatic heterocycles. The summed E-state index contributed by atoms with van der Waals surface area (Å²) in [6.45, 7) is 2.87. The zero-order valence-electron chi connectivity index (χ0n) is 13.7. The van der Waals surface area contributed by atoms with Crippen LogP contribution in [0, 0.1) is 11.8 Å². The van der Waals surface area contributed by atoms with Crippen LogP contribution in [-0.4, -0.2) is 41.8 Å². The van der Waals surface area contributed by atoms with E-state index in [9.17, 15) is 9.90 Å². The van der Waals surface area contributed by atoms with E-state index in [0.29, 0.717) is 5.92 Å². The average molecular weight is 296 g/mol. The summed E-state index contributed by atoms with van der Waals surface area (Å²) < 4.78 is 0. The number of amides is 2. The fourth-order valence-electron chi connectivity index (χ4n) is 3.67. The lowest BCUT2D eigenvalue weighted by molar-refractivity contribution is 0.0323. The minimum Gasteiger partial charge on any atom is -0.393 e.